The van der Waals surface area contributed by atoms with Crippen LogP contribution in [-0.4, -0.2) is 19.0 Å². The Hall–Kier alpha value is -1.56. The van der Waals surface area contributed by atoms with E-state index in [0.29, 0.717) is 26.2 Å². The number of thiophene rings is 1. The Morgan fingerprint density at radius 2 is 1.95 bits per heavy atom. The Kier molecular flexibility index (Phi) is 4.88. The molecule has 2 aromatic rings. The lowest BCUT2D eigenvalue weighted by atomic mass is 10.2. The van der Waals surface area contributed by atoms with Crippen LogP contribution in [-0.2, 0) is 4.74 Å². The standard InChI is InChI=1S/C14H11Cl2NO3S/c1-7-6-21-12(14(19)20-2)11(7)17-13(18)8-3-4-9(15)10(16)5-8/h3-6H,1-2H3,(H,17,18). The molecule has 0 aliphatic carbocycles. The molecule has 0 aliphatic heterocycles. The van der Waals surface area contributed by atoms with Crippen LogP contribution < -0.4 is 5.32 Å². The topological polar surface area (TPSA) is 55.4 Å². The first-order chi connectivity index (χ1) is 9.93. The monoisotopic (exact) mass is 343 g/mol. The number of carbonyl (C=O) groups is 2. The Bertz CT molecular complexity index is 712. The molecule has 1 heterocycles. The van der Waals surface area contributed by atoms with Gasteiger partial charge >= 0.3 is 5.97 Å². The lowest BCUT2D eigenvalue weighted by Crippen LogP contribution is -2.14. The van der Waals surface area contributed by atoms with Gasteiger partial charge in [-0.05, 0) is 36.1 Å². The van der Waals surface area contributed by atoms with Gasteiger partial charge in [-0.3, -0.25) is 4.79 Å². The molecule has 1 aromatic heterocycles. The van der Waals surface area contributed by atoms with Crippen molar-refractivity contribution in [2.24, 2.45) is 0 Å². The maximum Gasteiger partial charge on any atom is 0.350 e. The summed E-state index contributed by atoms with van der Waals surface area (Å²) < 4.78 is 4.69. The van der Waals surface area contributed by atoms with Crippen molar-refractivity contribution >= 4 is 52.1 Å². The SMILES string of the molecule is COC(=O)c1scc(C)c1NC(=O)c1ccc(Cl)c(Cl)c1. The van der Waals surface area contributed by atoms with Gasteiger partial charge in [0.25, 0.3) is 5.91 Å². The molecule has 7 heteroatoms. The molecule has 1 amide bonds. The van der Waals surface area contributed by atoms with E-state index in [0.717, 1.165) is 5.56 Å². The van der Waals surface area contributed by atoms with Crippen LogP contribution in [0.4, 0.5) is 5.69 Å². The molecule has 1 aromatic carbocycles. The number of esters is 1. The van der Waals surface area contributed by atoms with Crippen LogP contribution in [0.3, 0.4) is 0 Å². The fourth-order valence-corrected chi connectivity index (χ4v) is 2.89. The zero-order chi connectivity index (χ0) is 15.6. The van der Waals surface area contributed by atoms with Gasteiger partial charge in [0.2, 0.25) is 0 Å². The molecule has 1 N–H and O–H groups in total. The van der Waals surface area contributed by atoms with Crippen LogP contribution in [0.2, 0.25) is 10.0 Å². The minimum absolute atomic E-state index is 0.291. The molecule has 0 aliphatic rings. The molecule has 4 nitrogen and oxygen atoms in total. The number of carbonyl (C=O) groups excluding carboxylic acids is 2. The number of benzene rings is 1. The average molecular weight is 344 g/mol. The summed E-state index contributed by atoms with van der Waals surface area (Å²) in [5, 5.41) is 5.14. The molecular formula is C14H11Cl2NO3S. The van der Waals surface area contributed by atoms with Gasteiger partial charge in [-0.1, -0.05) is 23.2 Å². The van der Waals surface area contributed by atoms with E-state index in [1.165, 1.54) is 24.5 Å². The third-order valence-corrected chi connectivity index (χ3v) is 4.58. The number of ether oxygens (including phenoxy) is 1. The van der Waals surface area contributed by atoms with Crippen molar-refractivity contribution in [3.63, 3.8) is 0 Å². The van der Waals surface area contributed by atoms with Crippen molar-refractivity contribution in [3.8, 4) is 0 Å². The average Bonchev–Trinajstić information content (AvgIpc) is 2.82. The Balaban J connectivity index is 2.29. The largest absolute Gasteiger partial charge is 0.465 e. The fraction of sp³-hybridized carbons (Fsp3) is 0.143. The van der Waals surface area contributed by atoms with E-state index >= 15 is 0 Å². The van der Waals surface area contributed by atoms with Crippen LogP contribution >= 0.6 is 34.5 Å². The first-order valence-electron chi connectivity index (χ1n) is 5.87. The third kappa shape index (κ3) is 3.37. The maximum absolute atomic E-state index is 12.2. The normalized spacial score (nSPS) is 10.3. The summed E-state index contributed by atoms with van der Waals surface area (Å²) >= 11 is 12.9. The van der Waals surface area contributed by atoms with Crippen molar-refractivity contribution in [2.75, 3.05) is 12.4 Å². The molecule has 0 atom stereocenters. The summed E-state index contributed by atoms with van der Waals surface area (Å²) in [5.41, 5.74) is 1.59. The van der Waals surface area contributed by atoms with Gasteiger partial charge in [0, 0.05) is 5.56 Å². The van der Waals surface area contributed by atoms with E-state index in [1.54, 1.807) is 24.4 Å². The van der Waals surface area contributed by atoms with E-state index in [1.807, 2.05) is 0 Å². The smallest absolute Gasteiger partial charge is 0.350 e. The van der Waals surface area contributed by atoms with E-state index in [4.69, 9.17) is 27.9 Å². The van der Waals surface area contributed by atoms with Gasteiger partial charge in [-0.25, -0.2) is 4.79 Å². The summed E-state index contributed by atoms with van der Waals surface area (Å²) in [6, 6.07) is 4.57. The highest BCUT2D eigenvalue weighted by Crippen LogP contribution is 2.29. The lowest BCUT2D eigenvalue weighted by Gasteiger charge is -2.08. The van der Waals surface area contributed by atoms with Gasteiger partial charge in [-0.15, -0.1) is 11.3 Å². The van der Waals surface area contributed by atoms with E-state index in [-0.39, 0.29) is 5.91 Å². The van der Waals surface area contributed by atoms with Crippen LogP contribution in [0.25, 0.3) is 0 Å². The second-order valence-corrected chi connectivity index (χ2v) is 5.89. The van der Waals surface area contributed by atoms with E-state index in [2.05, 4.69) is 5.32 Å². The van der Waals surface area contributed by atoms with Gasteiger partial charge < -0.3 is 10.1 Å². The summed E-state index contributed by atoms with van der Waals surface area (Å²) in [7, 11) is 1.29. The number of halogens is 2. The first kappa shape index (κ1) is 15.8. The minimum Gasteiger partial charge on any atom is -0.465 e. The highest BCUT2D eigenvalue weighted by molar-refractivity contribution is 7.12. The minimum atomic E-state index is -0.488. The second kappa shape index (κ2) is 6.47. The molecule has 0 saturated heterocycles. The first-order valence-corrected chi connectivity index (χ1v) is 7.50. The number of hydrogen-bond acceptors (Lipinski definition) is 4. The fourth-order valence-electron chi connectivity index (χ4n) is 1.67. The van der Waals surface area contributed by atoms with Crippen molar-refractivity contribution in [3.05, 3.63) is 49.6 Å². The zero-order valence-corrected chi connectivity index (χ0v) is 13.5. The Morgan fingerprint density at radius 1 is 1.24 bits per heavy atom. The number of aryl methyl sites for hydroxylation is 1. The Labute approximate surface area is 135 Å². The second-order valence-electron chi connectivity index (χ2n) is 4.20. The highest BCUT2D eigenvalue weighted by Gasteiger charge is 2.19. The molecule has 0 spiro atoms. The molecule has 21 heavy (non-hydrogen) atoms. The number of rotatable bonds is 3. The predicted molar refractivity (Wildman–Crippen MR) is 84.8 cm³/mol. The molecular weight excluding hydrogens is 333 g/mol. The summed E-state index contributed by atoms with van der Waals surface area (Å²) in [4.78, 5) is 24.2. The number of methoxy groups -OCH3 is 1. The number of hydrogen-bond donors (Lipinski definition) is 1. The third-order valence-electron chi connectivity index (χ3n) is 2.77. The van der Waals surface area contributed by atoms with Crippen LogP contribution in [0.5, 0.6) is 0 Å². The van der Waals surface area contributed by atoms with Gasteiger partial charge in [0.1, 0.15) is 4.88 Å². The summed E-state index contributed by atoms with van der Waals surface area (Å²) in [5.74, 6) is -0.863. The molecule has 0 bridgehead atoms. The summed E-state index contributed by atoms with van der Waals surface area (Å²) in [6.07, 6.45) is 0. The molecule has 2 rings (SSSR count). The van der Waals surface area contributed by atoms with Gasteiger partial charge in [-0.2, -0.15) is 0 Å². The maximum atomic E-state index is 12.2. The quantitative estimate of drug-likeness (QED) is 0.840. The van der Waals surface area contributed by atoms with Crippen molar-refractivity contribution in [1.29, 1.82) is 0 Å². The highest BCUT2D eigenvalue weighted by atomic mass is 35.5. The van der Waals surface area contributed by atoms with Crippen molar-refractivity contribution in [1.82, 2.24) is 0 Å². The van der Waals surface area contributed by atoms with Gasteiger partial charge in [0.15, 0.2) is 0 Å². The van der Waals surface area contributed by atoms with Crippen molar-refractivity contribution < 1.29 is 14.3 Å². The molecule has 0 fully saturated rings. The van der Waals surface area contributed by atoms with E-state index < -0.39 is 5.97 Å². The lowest BCUT2D eigenvalue weighted by molar-refractivity contribution is 0.0607. The van der Waals surface area contributed by atoms with Crippen LogP contribution in [0.1, 0.15) is 25.6 Å². The molecule has 110 valence electrons. The van der Waals surface area contributed by atoms with Crippen LogP contribution in [0.15, 0.2) is 23.6 Å². The number of amides is 1. The zero-order valence-electron chi connectivity index (χ0n) is 11.2. The Morgan fingerprint density at radius 3 is 2.57 bits per heavy atom. The van der Waals surface area contributed by atoms with Crippen LogP contribution in [0, 0.1) is 6.92 Å². The number of nitrogens with one attached hydrogen (secondary N) is 1. The number of anilines is 1. The molecule has 0 radical (unpaired) electrons. The molecule has 0 saturated carbocycles. The predicted octanol–water partition coefficient (Wildman–Crippen LogP) is 4.40. The summed E-state index contributed by atoms with van der Waals surface area (Å²) in [6.45, 7) is 1.80. The van der Waals surface area contributed by atoms with E-state index in [9.17, 15) is 9.59 Å². The molecule has 0 unspecified atom stereocenters. The van der Waals surface area contributed by atoms with Crippen molar-refractivity contribution in [2.45, 2.75) is 6.92 Å². The van der Waals surface area contributed by atoms with Gasteiger partial charge in [0.05, 0.1) is 22.8 Å².